The summed E-state index contributed by atoms with van der Waals surface area (Å²) in [6, 6.07) is 4.84. The number of hydrogen-bond acceptors (Lipinski definition) is 3. The summed E-state index contributed by atoms with van der Waals surface area (Å²) >= 11 is 11.6. The summed E-state index contributed by atoms with van der Waals surface area (Å²) in [6.45, 7) is 4.33. The van der Waals surface area contributed by atoms with Gasteiger partial charge in [0.25, 0.3) is 5.91 Å². The molecule has 19 heavy (non-hydrogen) atoms. The molecule has 0 spiro atoms. The molecule has 0 bridgehead atoms. The van der Waals surface area contributed by atoms with Crippen molar-refractivity contribution in [3.05, 3.63) is 28.2 Å². The van der Waals surface area contributed by atoms with Gasteiger partial charge in [-0.2, -0.15) is 0 Å². The Labute approximate surface area is 123 Å². The molecule has 106 valence electrons. The van der Waals surface area contributed by atoms with Crippen LogP contribution < -0.4 is 15.4 Å². The van der Waals surface area contributed by atoms with Gasteiger partial charge < -0.3 is 15.4 Å². The van der Waals surface area contributed by atoms with E-state index in [4.69, 9.17) is 27.9 Å². The molecule has 4 nitrogen and oxygen atoms in total. The Kier molecular flexibility index (Phi) is 7.63. The molecular formula is C13H18Cl2N2O2. The maximum absolute atomic E-state index is 11.5. The summed E-state index contributed by atoms with van der Waals surface area (Å²) in [5.41, 5.74) is 0. The molecule has 6 heteroatoms. The third kappa shape index (κ3) is 7.25. The topological polar surface area (TPSA) is 50.4 Å². The molecule has 0 atom stereocenters. The standard InChI is InChI=1S/C13H18Cl2N2O2/c1-2-3-16-4-5-17-13(18)9-19-12-7-10(14)6-11(15)8-12/h6-8,16H,2-5,9H2,1H3,(H,17,18). The van der Waals surface area contributed by atoms with Crippen LogP contribution in [0.2, 0.25) is 10.0 Å². The molecular weight excluding hydrogens is 287 g/mol. The van der Waals surface area contributed by atoms with Crippen LogP contribution in [0.15, 0.2) is 18.2 Å². The van der Waals surface area contributed by atoms with Crippen LogP contribution in [0.25, 0.3) is 0 Å². The van der Waals surface area contributed by atoms with Gasteiger partial charge in [-0.15, -0.1) is 0 Å². The Bertz CT molecular complexity index is 393. The molecule has 1 aromatic carbocycles. The van der Waals surface area contributed by atoms with E-state index in [9.17, 15) is 4.79 Å². The average molecular weight is 305 g/mol. The molecule has 0 aliphatic heterocycles. The monoisotopic (exact) mass is 304 g/mol. The minimum absolute atomic E-state index is 0.0511. The van der Waals surface area contributed by atoms with Gasteiger partial charge in [0.15, 0.2) is 6.61 Å². The predicted octanol–water partition coefficient (Wildman–Crippen LogP) is 2.49. The number of rotatable bonds is 8. The minimum Gasteiger partial charge on any atom is -0.484 e. The number of amides is 1. The average Bonchev–Trinajstić information content (AvgIpc) is 2.35. The highest BCUT2D eigenvalue weighted by Crippen LogP contribution is 2.23. The number of benzene rings is 1. The SMILES string of the molecule is CCCNCCNC(=O)COc1cc(Cl)cc(Cl)c1. The summed E-state index contributed by atoms with van der Waals surface area (Å²) in [4.78, 5) is 11.5. The Morgan fingerprint density at radius 2 is 1.84 bits per heavy atom. The van der Waals surface area contributed by atoms with E-state index in [0.29, 0.717) is 22.3 Å². The number of carbonyl (C=O) groups is 1. The van der Waals surface area contributed by atoms with E-state index in [-0.39, 0.29) is 12.5 Å². The van der Waals surface area contributed by atoms with Gasteiger partial charge in [-0.1, -0.05) is 30.1 Å². The highest BCUT2D eigenvalue weighted by molar-refractivity contribution is 6.34. The molecule has 0 saturated heterocycles. The zero-order valence-electron chi connectivity index (χ0n) is 10.8. The van der Waals surface area contributed by atoms with Gasteiger partial charge in [0.1, 0.15) is 5.75 Å². The van der Waals surface area contributed by atoms with Crippen LogP contribution in [-0.4, -0.2) is 32.1 Å². The molecule has 0 aliphatic rings. The van der Waals surface area contributed by atoms with Gasteiger partial charge in [0.05, 0.1) is 0 Å². The van der Waals surface area contributed by atoms with Crippen LogP contribution in [0, 0.1) is 0 Å². The third-order valence-corrected chi connectivity index (χ3v) is 2.69. The number of ether oxygens (including phenoxy) is 1. The Balaban J connectivity index is 2.22. The highest BCUT2D eigenvalue weighted by Gasteiger charge is 2.03. The van der Waals surface area contributed by atoms with Crippen LogP contribution in [0.3, 0.4) is 0 Å². The van der Waals surface area contributed by atoms with Gasteiger partial charge in [0.2, 0.25) is 0 Å². The molecule has 1 rings (SSSR count). The van der Waals surface area contributed by atoms with Crippen molar-refractivity contribution in [3.63, 3.8) is 0 Å². The molecule has 0 radical (unpaired) electrons. The first-order valence-electron chi connectivity index (χ1n) is 6.18. The minimum atomic E-state index is -0.172. The first-order chi connectivity index (χ1) is 9.11. The quantitative estimate of drug-likeness (QED) is 0.726. The van der Waals surface area contributed by atoms with E-state index < -0.39 is 0 Å². The normalized spacial score (nSPS) is 10.3. The third-order valence-electron chi connectivity index (χ3n) is 2.26. The summed E-state index contributed by atoms with van der Waals surface area (Å²) in [6.07, 6.45) is 1.08. The van der Waals surface area contributed by atoms with Crippen molar-refractivity contribution in [1.29, 1.82) is 0 Å². The zero-order valence-corrected chi connectivity index (χ0v) is 12.4. The molecule has 1 aromatic rings. The predicted molar refractivity (Wildman–Crippen MR) is 78.1 cm³/mol. The second kappa shape index (κ2) is 9.02. The van der Waals surface area contributed by atoms with Gasteiger partial charge in [0, 0.05) is 23.1 Å². The molecule has 2 N–H and O–H groups in total. The van der Waals surface area contributed by atoms with Gasteiger partial charge in [-0.25, -0.2) is 0 Å². The highest BCUT2D eigenvalue weighted by atomic mass is 35.5. The first kappa shape index (κ1) is 16.1. The lowest BCUT2D eigenvalue weighted by Crippen LogP contribution is -2.35. The molecule has 0 aromatic heterocycles. The van der Waals surface area contributed by atoms with E-state index in [0.717, 1.165) is 19.5 Å². The Morgan fingerprint density at radius 1 is 1.16 bits per heavy atom. The summed E-state index contributed by atoms with van der Waals surface area (Å²) in [7, 11) is 0. The molecule has 0 fully saturated rings. The molecule has 0 heterocycles. The summed E-state index contributed by atoms with van der Waals surface area (Å²) < 4.78 is 5.31. The molecule has 1 amide bonds. The fraction of sp³-hybridized carbons (Fsp3) is 0.462. The second-order valence-electron chi connectivity index (χ2n) is 3.99. The van der Waals surface area contributed by atoms with Gasteiger partial charge in [-0.3, -0.25) is 4.79 Å². The van der Waals surface area contributed by atoms with Crippen molar-refractivity contribution in [2.75, 3.05) is 26.2 Å². The molecule has 0 aliphatic carbocycles. The molecule has 0 unspecified atom stereocenters. The van der Waals surface area contributed by atoms with E-state index >= 15 is 0 Å². The maximum Gasteiger partial charge on any atom is 0.257 e. The Hall–Kier alpha value is -0.970. The van der Waals surface area contributed by atoms with Crippen molar-refractivity contribution in [2.24, 2.45) is 0 Å². The van der Waals surface area contributed by atoms with Crippen LogP contribution in [0.1, 0.15) is 13.3 Å². The van der Waals surface area contributed by atoms with Crippen molar-refractivity contribution in [3.8, 4) is 5.75 Å². The lowest BCUT2D eigenvalue weighted by molar-refractivity contribution is -0.123. The van der Waals surface area contributed by atoms with Crippen LogP contribution in [0.5, 0.6) is 5.75 Å². The Morgan fingerprint density at radius 3 is 2.47 bits per heavy atom. The molecule has 0 saturated carbocycles. The van der Waals surface area contributed by atoms with Crippen molar-refractivity contribution in [2.45, 2.75) is 13.3 Å². The first-order valence-corrected chi connectivity index (χ1v) is 6.93. The fourth-order valence-electron chi connectivity index (χ4n) is 1.40. The summed E-state index contributed by atoms with van der Waals surface area (Å²) in [5, 5.41) is 6.89. The number of nitrogens with one attached hydrogen (secondary N) is 2. The van der Waals surface area contributed by atoms with Crippen LogP contribution in [-0.2, 0) is 4.79 Å². The lowest BCUT2D eigenvalue weighted by atomic mass is 10.3. The van der Waals surface area contributed by atoms with Gasteiger partial charge in [-0.05, 0) is 31.2 Å². The van der Waals surface area contributed by atoms with E-state index in [1.54, 1.807) is 18.2 Å². The lowest BCUT2D eigenvalue weighted by Gasteiger charge is -2.08. The van der Waals surface area contributed by atoms with Gasteiger partial charge >= 0.3 is 0 Å². The van der Waals surface area contributed by atoms with Crippen molar-refractivity contribution in [1.82, 2.24) is 10.6 Å². The van der Waals surface area contributed by atoms with E-state index in [2.05, 4.69) is 17.6 Å². The summed E-state index contributed by atoms with van der Waals surface area (Å²) in [5.74, 6) is 0.311. The van der Waals surface area contributed by atoms with Crippen LogP contribution in [0.4, 0.5) is 0 Å². The smallest absolute Gasteiger partial charge is 0.257 e. The van der Waals surface area contributed by atoms with Crippen LogP contribution >= 0.6 is 23.2 Å². The van der Waals surface area contributed by atoms with Crippen molar-refractivity contribution >= 4 is 29.1 Å². The number of carbonyl (C=O) groups excluding carboxylic acids is 1. The largest absolute Gasteiger partial charge is 0.484 e. The van der Waals surface area contributed by atoms with Crippen molar-refractivity contribution < 1.29 is 9.53 Å². The maximum atomic E-state index is 11.5. The van der Waals surface area contributed by atoms with E-state index in [1.807, 2.05) is 0 Å². The zero-order chi connectivity index (χ0) is 14.1. The van der Waals surface area contributed by atoms with E-state index in [1.165, 1.54) is 0 Å². The fourth-order valence-corrected chi connectivity index (χ4v) is 1.91. The number of halogens is 2. The second-order valence-corrected chi connectivity index (χ2v) is 4.87. The number of hydrogen-bond donors (Lipinski definition) is 2.